The lowest BCUT2D eigenvalue weighted by Gasteiger charge is -2.31. The first-order valence-corrected chi connectivity index (χ1v) is 15.2. The van der Waals surface area contributed by atoms with Gasteiger partial charge in [0.2, 0.25) is 5.75 Å². The van der Waals surface area contributed by atoms with E-state index in [4.69, 9.17) is 28.4 Å². The molecule has 0 saturated carbocycles. The van der Waals surface area contributed by atoms with Crippen molar-refractivity contribution < 1.29 is 42.8 Å². The van der Waals surface area contributed by atoms with E-state index in [0.29, 0.717) is 38.4 Å². The highest BCUT2D eigenvalue weighted by atomic mass is 16.6. The number of carbonyl (C=O) groups is 3. The van der Waals surface area contributed by atoms with Gasteiger partial charge in [-0.2, -0.15) is 0 Å². The minimum atomic E-state index is -0.961. The number of pyridine rings is 1. The number of cyclic esters (lactones) is 1. The van der Waals surface area contributed by atoms with Crippen LogP contribution >= 0.6 is 0 Å². The second kappa shape index (κ2) is 18.3. The SMILES string of the molecule is COCCC(=O)Oc1c(OC)ccnc1C(=O)N[C@H]1CCC[C@H](OCC(C)C)[C@@H](OCCCc2ccccc2)[C@H](C)OC1=O. The number of carbonyl (C=O) groups excluding carboxylic acids is 3. The van der Waals surface area contributed by atoms with Crippen molar-refractivity contribution in [3.05, 3.63) is 53.9 Å². The molecule has 44 heavy (non-hydrogen) atoms. The Hall–Kier alpha value is -3.54. The predicted molar refractivity (Wildman–Crippen MR) is 163 cm³/mol. The molecule has 2 heterocycles. The number of rotatable bonds is 15. The summed E-state index contributed by atoms with van der Waals surface area (Å²) < 4.78 is 34.1. The first-order chi connectivity index (χ1) is 21.2. The van der Waals surface area contributed by atoms with Crippen molar-refractivity contribution in [3.63, 3.8) is 0 Å². The number of aryl methyl sites for hydroxylation is 1. The molecule has 1 aromatic heterocycles. The van der Waals surface area contributed by atoms with Crippen LogP contribution in [0.5, 0.6) is 11.5 Å². The number of aromatic nitrogens is 1. The van der Waals surface area contributed by atoms with Crippen molar-refractivity contribution in [1.29, 1.82) is 0 Å². The van der Waals surface area contributed by atoms with Gasteiger partial charge < -0.3 is 33.7 Å². The number of methoxy groups -OCH3 is 2. The highest BCUT2D eigenvalue weighted by Gasteiger charge is 2.36. The van der Waals surface area contributed by atoms with E-state index in [2.05, 4.69) is 36.3 Å². The van der Waals surface area contributed by atoms with Gasteiger partial charge in [0, 0.05) is 32.6 Å². The van der Waals surface area contributed by atoms with Gasteiger partial charge in [-0.3, -0.25) is 9.59 Å². The van der Waals surface area contributed by atoms with E-state index in [1.165, 1.54) is 32.0 Å². The second-order valence-electron chi connectivity index (χ2n) is 11.2. The van der Waals surface area contributed by atoms with Gasteiger partial charge >= 0.3 is 11.9 Å². The lowest BCUT2D eigenvalue weighted by atomic mass is 10.0. The Morgan fingerprint density at radius 1 is 1.07 bits per heavy atom. The van der Waals surface area contributed by atoms with E-state index in [9.17, 15) is 14.4 Å². The van der Waals surface area contributed by atoms with E-state index in [1.54, 1.807) is 6.92 Å². The summed E-state index contributed by atoms with van der Waals surface area (Å²) in [5, 5.41) is 2.73. The number of nitrogens with one attached hydrogen (secondary N) is 1. The zero-order valence-electron chi connectivity index (χ0n) is 26.4. The minimum absolute atomic E-state index is 0.0298. The molecular weight excluding hydrogens is 568 g/mol. The maximum atomic E-state index is 13.4. The van der Waals surface area contributed by atoms with Crippen molar-refractivity contribution in [2.75, 3.05) is 34.0 Å². The fourth-order valence-electron chi connectivity index (χ4n) is 4.88. The summed E-state index contributed by atoms with van der Waals surface area (Å²) >= 11 is 0. The Morgan fingerprint density at radius 3 is 2.55 bits per heavy atom. The minimum Gasteiger partial charge on any atom is -0.493 e. The normalized spacial score (nSPS) is 20.6. The topological polar surface area (TPSA) is 132 Å². The molecular formula is C33H46N2O9. The molecule has 2 aromatic rings. The molecule has 1 N–H and O–H groups in total. The molecule has 0 spiro atoms. The summed E-state index contributed by atoms with van der Waals surface area (Å²) in [4.78, 5) is 43.2. The Morgan fingerprint density at radius 2 is 1.84 bits per heavy atom. The average Bonchev–Trinajstić information content (AvgIpc) is 3.06. The Labute approximate surface area is 259 Å². The summed E-state index contributed by atoms with van der Waals surface area (Å²) in [7, 11) is 2.85. The molecule has 0 aliphatic carbocycles. The molecule has 3 rings (SSSR count). The van der Waals surface area contributed by atoms with Crippen molar-refractivity contribution in [2.45, 2.75) is 83.6 Å². The van der Waals surface area contributed by atoms with Gasteiger partial charge in [0.05, 0.1) is 26.2 Å². The summed E-state index contributed by atoms with van der Waals surface area (Å²) in [6, 6.07) is 10.7. The molecule has 242 valence electrons. The first-order valence-electron chi connectivity index (χ1n) is 15.2. The van der Waals surface area contributed by atoms with Crippen LogP contribution in [-0.2, 0) is 35.0 Å². The van der Waals surface area contributed by atoms with Gasteiger partial charge in [-0.1, -0.05) is 44.2 Å². The summed E-state index contributed by atoms with van der Waals surface area (Å²) in [5.74, 6) is -1.57. The van der Waals surface area contributed by atoms with E-state index in [-0.39, 0.29) is 36.3 Å². The van der Waals surface area contributed by atoms with Gasteiger partial charge in [-0.05, 0) is 50.5 Å². The quantitative estimate of drug-likeness (QED) is 0.229. The number of hydrogen-bond donors (Lipinski definition) is 1. The van der Waals surface area contributed by atoms with Crippen LogP contribution in [0.2, 0.25) is 0 Å². The molecule has 0 bridgehead atoms. The highest BCUT2D eigenvalue weighted by Crippen LogP contribution is 2.30. The lowest BCUT2D eigenvalue weighted by Crippen LogP contribution is -2.46. The Balaban J connectivity index is 1.72. The van der Waals surface area contributed by atoms with Gasteiger partial charge in [0.15, 0.2) is 11.4 Å². The van der Waals surface area contributed by atoms with E-state index in [1.807, 2.05) is 18.2 Å². The third-order valence-electron chi connectivity index (χ3n) is 7.14. The Bertz CT molecular complexity index is 1190. The third kappa shape index (κ3) is 10.9. The van der Waals surface area contributed by atoms with Crippen LogP contribution in [0, 0.1) is 5.92 Å². The fraction of sp³-hybridized carbons (Fsp3) is 0.576. The summed E-state index contributed by atoms with van der Waals surface area (Å²) in [6.45, 7) is 7.12. The predicted octanol–water partition coefficient (Wildman–Crippen LogP) is 4.31. The molecule has 11 nitrogen and oxygen atoms in total. The van der Waals surface area contributed by atoms with Gasteiger partial charge in [-0.15, -0.1) is 0 Å². The van der Waals surface area contributed by atoms with Crippen molar-refractivity contribution in [3.8, 4) is 11.5 Å². The Kier molecular flexibility index (Phi) is 14.5. The molecule has 0 unspecified atom stereocenters. The monoisotopic (exact) mass is 614 g/mol. The second-order valence-corrected chi connectivity index (χ2v) is 11.2. The number of benzene rings is 1. The summed E-state index contributed by atoms with van der Waals surface area (Å²) in [5.41, 5.74) is 1.04. The van der Waals surface area contributed by atoms with Gasteiger partial charge in [0.25, 0.3) is 5.91 Å². The third-order valence-corrected chi connectivity index (χ3v) is 7.14. The van der Waals surface area contributed by atoms with E-state index < -0.39 is 36.1 Å². The van der Waals surface area contributed by atoms with Crippen molar-refractivity contribution >= 4 is 17.8 Å². The van der Waals surface area contributed by atoms with E-state index >= 15 is 0 Å². The zero-order valence-corrected chi connectivity index (χ0v) is 26.4. The number of amides is 1. The number of hydrogen-bond acceptors (Lipinski definition) is 10. The molecule has 1 aliphatic heterocycles. The van der Waals surface area contributed by atoms with Crippen molar-refractivity contribution in [2.24, 2.45) is 5.92 Å². The average molecular weight is 615 g/mol. The molecule has 0 radical (unpaired) electrons. The largest absolute Gasteiger partial charge is 0.493 e. The molecule has 4 atom stereocenters. The number of ether oxygens (including phenoxy) is 6. The maximum absolute atomic E-state index is 13.4. The van der Waals surface area contributed by atoms with Crippen LogP contribution < -0.4 is 14.8 Å². The summed E-state index contributed by atoms with van der Waals surface area (Å²) in [6.07, 6.45) is 3.13. The highest BCUT2D eigenvalue weighted by molar-refractivity contribution is 5.98. The van der Waals surface area contributed by atoms with Crippen LogP contribution in [0.25, 0.3) is 0 Å². The van der Waals surface area contributed by atoms with Crippen molar-refractivity contribution in [1.82, 2.24) is 10.3 Å². The van der Waals surface area contributed by atoms with E-state index in [0.717, 1.165) is 12.8 Å². The number of esters is 2. The molecule has 1 aromatic carbocycles. The maximum Gasteiger partial charge on any atom is 0.329 e. The van der Waals surface area contributed by atoms with Crippen LogP contribution in [-0.4, -0.2) is 81.2 Å². The zero-order chi connectivity index (χ0) is 31.9. The first kappa shape index (κ1) is 34.9. The molecule has 1 aliphatic rings. The molecule has 11 heteroatoms. The van der Waals surface area contributed by atoms with Crippen LogP contribution in [0.15, 0.2) is 42.6 Å². The number of nitrogens with zero attached hydrogens (tertiary/aromatic N) is 1. The van der Waals surface area contributed by atoms with Gasteiger partial charge in [0.1, 0.15) is 18.2 Å². The molecule has 1 fully saturated rings. The van der Waals surface area contributed by atoms with Crippen LogP contribution in [0.3, 0.4) is 0 Å². The van der Waals surface area contributed by atoms with Crippen LogP contribution in [0.4, 0.5) is 0 Å². The molecule has 1 amide bonds. The van der Waals surface area contributed by atoms with Crippen LogP contribution in [0.1, 0.15) is 68.9 Å². The smallest absolute Gasteiger partial charge is 0.329 e. The lowest BCUT2D eigenvalue weighted by molar-refractivity contribution is -0.168. The standard InChI is InChI=1S/C33H46N2O9/c1-22(2)21-42-27-15-9-14-25(33(38)43-23(3)30(27)41-19-10-13-24-11-7-6-8-12-24)35-32(37)29-31(26(40-5)16-18-34-29)44-28(36)17-20-39-4/h6-8,11-12,16,18,22-23,25,27,30H,9-10,13-15,17,19-21H2,1-5H3,(H,35,37)/t23-,25-,27-,30-/m0/s1. The van der Waals surface area contributed by atoms with Gasteiger partial charge in [-0.25, -0.2) is 9.78 Å². The molecule has 1 saturated heterocycles. The fourth-order valence-corrected chi connectivity index (χ4v) is 4.88.